The third-order valence-electron chi connectivity index (χ3n) is 10.9. The minimum absolute atomic E-state index is 1.14. The molecule has 0 fully saturated rings. The van der Waals surface area contributed by atoms with Crippen molar-refractivity contribution in [1.82, 2.24) is 4.57 Å². The molecule has 252 valence electrons. The number of hydrogen-bond acceptors (Lipinski definition) is 0. The van der Waals surface area contributed by atoms with Gasteiger partial charge in [0, 0.05) is 21.8 Å². The van der Waals surface area contributed by atoms with Crippen molar-refractivity contribution in [3.8, 4) is 27.9 Å². The van der Waals surface area contributed by atoms with Gasteiger partial charge in [-0.3, -0.25) is 0 Å². The summed E-state index contributed by atoms with van der Waals surface area (Å²) in [4.78, 5) is 0. The van der Waals surface area contributed by atoms with Gasteiger partial charge in [-0.2, -0.15) is 0 Å². The van der Waals surface area contributed by atoms with Crippen LogP contribution >= 0.6 is 0 Å². The molecule has 53 heavy (non-hydrogen) atoms. The van der Waals surface area contributed by atoms with E-state index in [2.05, 4.69) is 195 Å². The van der Waals surface area contributed by atoms with Crippen molar-refractivity contribution < 1.29 is 0 Å². The Balaban J connectivity index is 1.27. The summed E-state index contributed by atoms with van der Waals surface area (Å²) >= 11 is 0. The van der Waals surface area contributed by atoms with Crippen molar-refractivity contribution in [1.29, 1.82) is 0 Å². The van der Waals surface area contributed by atoms with Crippen molar-refractivity contribution in [3.63, 3.8) is 0 Å². The number of para-hydroxylation sites is 1. The second kappa shape index (κ2) is 13.1. The average molecular weight is 678 g/mol. The van der Waals surface area contributed by atoms with Crippen LogP contribution in [0.3, 0.4) is 0 Å². The first-order valence-electron chi connectivity index (χ1n) is 18.3. The minimum Gasteiger partial charge on any atom is -0.309 e. The fourth-order valence-electron chi connectivity index (χ4n) is 8.39. The van der Waals surface area contributed by atoms with Gasteiger partial charge >= 0.3 is 0 Å². The molecule has 1 nitrogen and oxygen atoms in total. The van der Waals surface area contributed by atoms with Gasteiger partial charge in [-0.05, 0) is 110 Å². The smallest absolute Gasteiger partial charge is 0.0619 e. The van der Waals surface area contributed by atoms with E-state index < -0.39 is 0 Å². The van der Waals surface area contributed by atoms with Gasteiger partial charge in [-0.25, -0.2) is 0 Å². The van der Waals surface area contributed by atoms with E-state index in [9.17, 15) is 0 Å². The van der Waals surface area contributed by atoms with Gasteiger partial charge in [-0.1, -0.05) is 165 Å². The maximum atomic E-state index is 4.08. The molecule has 0 spiro atoms. The molecule has 0 aliphatic rings. The second-order valence-electron chi connectivity index (χ2n) is 13.6. The molecule has 0 saturated heterocycles. The normalized spacial score (nSPS) is 12.3. The zero-order valence-corrected chi connectivity index (χ0v) is 30.1. The van der Waals surface area contributed by atoms with E-state index in [4.69, 9.17) is 0 Å². The van der Waals surface area contributed by atoms with Gasteiger partial charge in [0.2, 0.25) is 0 Å². The number of aromatic nitrogens is 1. The van der Waals surface area contributed by atoms with Crippen molar-refractivity contribution in [3.05, 3.63) is 200 Å². The number of nitrogens with zero attached hydrogens (tertiary/aromatic N) is 1. The number of benzene rings is 8. The van der Waals surface area contributed by atoms with Crippen LogP contribution in [0.4, 0.5) is 0 Å². The molecule has 9 rings (SSSR count). The van der Waals surface area contributed by atoms with Crippen LogP contribution in [0, 0.1) is 0 Å². The highest BCUT2D eigenvalue weighted by molar-refractivity contribution is 6.20. The molecule has 0 unspecified atom stereocenters. The summed E-state index contributed by atoms with van der Waals surface area (Å²) in [5, 5.41) is 9.88. The van der Waals surface area contributed by atoms with Crippen LogP contribution in [0.25, 0.3) is 93.2 Å². The lowest BCUT2D eigenvalue weighted by Gasteiger charge is -2.14. The molecule has 0 amide bonds. The Hall–Kier alpha value is -6.70. The molecule has 0 saturated carbocycles. The van der Waals surface area contributed by atoms with Gasteiger partial charge in [0.25, 0.3) is 0 Å². The lowest BCUT2D eigenvalue weighted by molar-refractivity contribution is 1.19. The number of hydrogen-bond donors (Lipinski definition) is 0. The molecule has 0 N–H and O–H groups in total. The molecule has 0 aliphatic heterocycles. The molecule has 9 aromatic rings. The topological polar surface area (TPSA) is 4.93 Å². The van der Waals surface area contributed by atoms with Crippen LogP contribution in [-0.4, -0.2) is 4.57 Å². The Morgan fingerprint density at radius 3 is 1.53 bits per heavy atom. The Labute approximate surface area is 310 Å². The highest BCUT2D eigenvalue weighted by Crippen LogP contribution is 2.42. The first-order valence-corrected chi connectivity index (χ1v) is 18.3. The highest BCUT2D eigenvalue weighted by Gasteiger charge is 2.18. The molecular weight excluding hydrogens is 639 g/mol. The third-order valence-corrected chi connectivity index (χ3v) is 10.9. The van der Waals surface area contributed by atoms with Gasteiger partial charge in [-0.15, -0.1) is 0 Å². The fourth-order valence-corrected chi connectivity index (χ4v) is 8.39. The fraction of sp³-hybridized carbons (Fsp3) is 0.0385. The van der Waals surface area contributed by atoms with E-state index in [1.54, 1.807) is 0 Å². The van der Waals surface area contributed by atoms with Gasteiger partial charge in [0.15, 0.2) is 0 Å². The lowest BCUT2D eigenvalue weighted by atomic mass is 9.91. The zero-order valence-electron chi connectivity index (χ0n) is 30.1. The summed E-state index contributed by atoms with van der Waals surface area (Å²) in [7, 11) is 0. The van der Waals surface area contributed by atoms with Crippen LogP contribution in [0.15, 0.2) is 189 Å². The molecule has 0 aliphatic carbocycles. The number of rotatable bonds is 7. The van der Waals surface area contributed by atoms with Gasteiger partial charge < -0.3 is 4.57 Å². The van der Waals surface area contributed by atoms with E-state index in [0.717, 1.165) is 16.8 Å². The van der Waals surface area contributed by atoms with E-state index in [1.165, 1.54) is 87.5 Å². The summed E-state index contributed by atoms with van der Waals surface area (Å²) in [5.74, 6) is 0. The highest BCUT2D eigenvalue weighted by atomic mass is 15.0. The molecule has 8 aromatic carbocycles. The maximum absolute atomic E-state index is 4.08. The Bertz CT molecular complexity index is 2980. The standard InChI is InChI=1S/C52H39N/c1-5-34(6-2)40-28-30-42(47-20-14-12-18-45(40)47)36-22-25-44-37(32-36)24-27-50-49-26-23-38(33-51(49)53(52(44)50)39-16-10-9-11-17-39)43-31-29-41(35(7-3)8-4)46-19-13-15-21-48(43)46/h5-33H,1,3H2,2,4H3/b34-6+,35-8+. The van der Waals surface area contributed by atoms with Crippen LogP contribution in [-0.2, 0) is 0 Å². The van der Waals surface area contributed by atoms with Gasteiger partial charge in [0.05, 0.1) is 11.0 Å². The van der Waals surface area contributed by atoms with Crippen LogP contribution < -0.4 is 0 Å². The molecule has 1 heteroatoms. The zero-order chi connectivity index (χ0) is 36.1. The first-order chi connectivity index (χ1) is 26.1. The largest absolute Gasteiger partial charge is 0.309 e. The maximum Gasteiger partial charge on any atom is 0.0619 e. The van der Waals surface area contributed by atoms with E-state index in [-0.39, 0.29) is 0 Å². The molecule has 0 bridgehead atoms. The summed E-state index contributed by atoms with van der Waals surface area (Å²) in [6.45, 7) is 12.3. The number of fused-ring (bicyclic) bond motifs is 7. The van der Waals surface area contributed by atoms with Crippen LogP contribution in [0.1, 0.15) is 25.0 Å². The SMILES string of the molecule is C=C/C(=C\C)c1ccc(-c2ccc3c(ccc4c5ccc(-c6ccc(/C(C=C)=C/C)c7ccccc67)cc5n(-c5ccccc5)c34)c2)c2ccccc12. The van der Waals surface area contributed by atoms with Crippen LogP contribution in [0.2, 0.25) is 0 Å². The predicted octanol–water partition coefficient (Wildman–Crippen LogP) is 14.8. The lowest BCUT2D eigenvalue weighted by Crippen LogP contribution is -1.95. The van der Waals surface area contributed by atoms with E-state index in [0.29, 0.717) is 0 Å². The first kappa shape index (κ1) is 32.2. The summed E-state index contributed by atoms with van der Waals surface area (Å²) in [6.07, 6.45) is 8.15. The van der Waals surface area contributed by atoms with E-state index >= 15 is 0 Å². The van der Waals surface area contributed by atoms with Crippen molar-refractivity contribution in [2.45, 2.75) is 13.8 Å². The van der Waals surface area contributed by atoms with Gasteiger partial charge in [0.1, 0.15) is 0 Å². The quantitative estimate of drug-likeness (QED) is 0.148. The monoisotopic (exact) mass is 677 g/mol. The Kier molecular flexibility index (Phi) is 7.98. The third kappa shape index (κ3) is 5.16. The summed E-state index contributed by atoms with van der Waals surface area (Å²) < 4.78 is 2.46. The Morgan fingerprint density at radius 2 is 0.962 bits per heavy atom. The molecule has 0 atom stereocenters. The van der Waals surface area contributed by atoms with E-state index in [1.807, 2.05) is 12.2 Å². The summed E-state index contributed by atoms with van der Waals surface area (Å²) in [6, 6.07) is 55.8. The Morgan fingerprint density at radius 1 is 0.453 bits per heavy atom. The minimum atomic E-state index is 1.14. The second-order valence-corrected chi connectivity index (χ2v) is 13.6. The van der Waals surface area contributed by atoms with Crippen molar-refractivity contribution in [2.24, 2.45) is 0 Å². The molecule has 1 heterocycles. The number of allylic oxidation sites excluding steroid dienone is 6. The predicted molar refractivity (Wildman–Crippen MR) is 232 cm³/mol. The van der Waals surface area contributed by atoms with Crippen LogP contribution in [0.5, 0.6) is 0 Å². The molecule has 0 radical (unpaired) electrons. The molecule has 1 aromatic heterocycles. The average Bonchev–Trinajstić information content (AvgIpc) is 3.56. The molecular formula is C52H39N. The van der Waals surface area contributed by atoms with Crippen molar-refractivity contribution >= 4 is 65.3 Å². The summed E-state index contributed by atoms with van der Waals surface area (Å²) in [5.41, 5.74) is 13.1. The van der Waals surface area contributed by atoms with Crippen molar-refractivity contribution in [2.75, 3.05) is 0 Å².